The molecule has 1 fully saturated rings. The van der Waals surface area contributed by atoms with Gasteiger partial charge in [-0.2, -0.15) is 0 Å². The standard InChI is InChI=1S/C20H23N3OS/c1-2-24-17-9-6-10-18-19(17)21-20(25-18)23-13-11-22(12-14-23)15-16-7-4-3-5-8-16/h3-10H,2,11-15H2,1H3. The van der Waals surface area contributed by atoms with Crippen molar-refractivity contribution in [1.82, 2.24) is 9.88 Å². The Kier molecular flexibility index (Phi) is 4.85. The van der Waals surface area contributed by atoms with E-state index in [1.165, 1.54) is 10.3 Å². The average Bonchev–Trinajstić information content (AvgIpc) is 3.09. The predicted molar refractivity (Wildman–Crippen MR) is 105 cm³/mol. The van der Waals surface area contributed by atoms with Gasteiger partial charge >= 0.3 is 0 Å². The summed E-state index contributed by atoms with van der Waals surface area (Å²) in [5, 5.41) is 1.11. The Morgan fingerprint density at radius 3 is 2.56 bits per heavy atom. The Bertz CT molecular complexity index is 825. The van der Waals surface area contributed by atoms with Crippen LogP contribution in [-0.2, 0) is 6.54 Å². The fourth-order valence-electron chi connectivity index (χ4n) is 3.26. The lowest BCUT2D eigenvalue weighted by atomic mass is 10.2. The summed E-state index contributed by atoms with van der Waals surface area (Å²) in [4.78, 5) is 9.79. The number of rotatable bonds is 5. The predicted octanol–water partition coefficient (Wildman–Crippen LogP) is 4.02. The van der Waals surface area contributed by atoms with E-state index in [1.54, 1.807) is 11.3 Å². The van der Waals surface area contributed by atoms with Crippen LogP contribution in [0.4, 0.5) is 5.13 Å². The maximum absolute atomic E-state index is 5.72. The summed E-state index contributed by atoms with van der Waals surface area (Å²) < 4.78 is 6.92. The molecule has 1 aliphatic heterocycles. The first-order valence-electron chi connectivity index (χ1n) is 8.87. The molecular formula is C20H23N3OS. The minimum Gasteiger partial charge on any atom is -0.492 e. The molecule has 0 aliphatic carbocycles. The summed E-state index contributed by atoms with van der Waals surface area (Å²) in [6.45, 7) is 7.91. The summed E-state index contributed by atoms with van der Waals surface area (Å²) in [6.07, 6.45) is 0. The Balaban J connectivity index is 1.44. The van der Waals surface area contributed by atoms with E-state index in [2.05, 4.69) is 46.2 Å². The molecule has 0 saturated carbocycles. The zero-order valence-corrected chi connectivity index (χ0v) is 15.3. The number of thiazole rings is 1. The van der Waals surface area contributed by atoms with E-state index < -0.39 is 0 Å². The lowest BCUT2D eigenvalue weighted by Crippen LogP contribution is -2.45. The van der Waals surface area contributed by atoms with Crippen molar-refractivity contribution in [3.63, 3.8) is 0 Å². The molecule has 3 aromatic rings. The number of para-hydroxylation sites is 1. The summed E-state index contributed by atoms with van der Waals surface area (Å²) in [5.74, 6) is 0.894. The van der Waals surface area contributed by atoms with Crippen molar-refractivity contribution in [3.05, 3.63) is 54.1 Å². The highest BCUT2D eigenvalue weighted by Gasteiger charge is 2.20. The molecule has 0 atom stereocenters. The smallest absolute Gasteiger partial charge is 0.186 e. The summed E-state index contributed by atoms with van der Waals surface area (Å²) in [7, 11) is 0. The summed E-state index contributed by atoms with van der Waals surface area (Å²) in [6, 6.07) is 16.9. The lowest BCUT2D eigenvalue weighted by molar-refractivity contribution is 0.250. The van der Waals surface area contributed by atoms with E-state index >= 15 is 0 Å². The van der Waals surface area contributed by atoms with Crippen LogP contribution < -0.4 is 9.64 Å². The third kappa shape index (κ3) is 3.62. The first-order chi connectivity index (χ1) is 12.3. The van der Waals surface area contributed by atoms with Gasteiger partial charge in [-0.1, -0.05) is 47.7 Å². The third-order valence-electron chi connectivity index (χ3n) is 4.56. The lowest BCUT2D eigenvalue weighted by Gasteiger charge is -2.34. The van der Waals surface area contributed by atoms with Gasteiger partial charge in [0.25, 0.3) is 0 Å². The van der Waals surface area contributed by atoms with Crippen molar-refractivity contribution in [2.24, 2.45) is 0 Å². The van der Waals surface area contributed by atoms with E-state index in [-0.39, 0.29) is 0 Å². The maximum atomic E-state index is 5.72. The molecule has 1 aromatic heterocycles. The molecule has 2 heterocycles. The number of hydrogen-bond acceptors (Lipinski definition) is 5. The van der Waals surface area contributed by atoms with Crippen LogP contribution in [-0.4, -0.2) is 42.7 Å². The molecule has 5 heteroatoms. The molecule has 0 spiro atoms. The largest absolute Gasteiger partial charge is 0.492 e. The van der Waals surface area contributed by atoms with E-state index in [9.17, 15) is 0 Å². The molecular weight excluding hydrogens is 330 g/mol. The molecule has 1 saturated heterocycles. The molecule has 4 rings (SSSR count). The molecule has 0 bridgehead atoms. The Hall–Kier alpha value is -2.11. The number of hydrogen-bond donors (Lipinski definition) is 0. The van der Waals surface area contributed by atoms with Crippen molar-refractivity contribution < 1.29 is 4.74 Å². The molecule has 0 N–H and O–H groups in total. The van der Waals surface area contributed by atoms with Gasteiger partial charge < -0.3 is 9.64 Å². The van der Waals surface area contributed by atoms with Crippen molar-refractivity contribution in [2.75, 3.05) is 37.7 Å². The fraction of sp³-hybridized carbons (Fsp3) is 0.350. The van der Waals surface area contributed by atoms with Crippen LogP contribution in [0.3, 0.4) is 0 Å². The van der Waals surface area contributed by atoms with Gasteiger partial charge in [0.2, 0.25) is 0 Å². The zero-order valence-electron chi connectivity index (χ0n) is 14.5. The van der Waals surface area contributed by atoms with Crippen LogP contribution in [0.1, 0.15) is 12.5 Å². The van der Waals surface area contributed by atoms with E-state index in [0.717, 1.165) is 49.1 Å². The van der Waals surface area contributed by atoms with Crippen molar-refractivity contribution in [1.29, 1.82) is 0 Å². The van der Waals surface area contributed by atoms with Gasteiger partial charge in [-0.25, -0.2) is 4.98 Å². The van der Waals surface area contributed by atoms with Crippen molar-refractivity contribution in [3.8, 4) is 5.75 Å². The normalized spacial score (nSPS) is 15.6. The van der Waals surface area contributed by atoms with Crippen molar-refractivity contribution >= 4 is 26.7 Å². The molecule has 25 heavy (non-hydrogen) atoms. The zero-order chi connectivity index (χ0) is 17.1. The average molecular weight is 353 g/mol. The number of ether oxygens (including phenoxy) is 1. The topological polar surface area (TPSA) is 28.6 Å². The highest BCUT2D eigenvalue weighted by Crippen LogP contribution is 2.34. The van der Waals surface area contributed by atoms with E-state index in [0.29, 0.717) is 6.61 Å². The molecule has 0 amide bonds. The van der Waals surface area contributed by atoms with Gasteiger partial charge in [-0.05, 0) is 24.6 Å². The minimum atomic E-state index is 0.671. The Morgan fingerprint density at radius 2 is 1.80 bits per heavy atom. The van der Waals surface area contributed by atoms with Gasteiger partial charge in [0.1, 0.15) is 11.3 Å². The van der Waals surface area contributed by atoms with E-state index in [1.807, 2.05) is 19.1 Å². The highest BCUT2D eigenvalue weighted by atomic mass is 32.1. The highest BCUT2D eigenvalue weighted by molar-refractivity contribution is 7.22. The number of aromatic nitrogens is 1. The fourth-order valence-corrected chi connectivity index (χ4v) is 4.29. The molecule has 2 aromatic carbocycles. The van der Waals surface area contributed by atoms with Crippen LogP contribution >= 0.6 is 11.3 Å². The summed E-state index contributed by atoms with van der Waals surface area (Å²) in [5.41, 5.74) is 2.38. The minimum absolute atomic E-state index is 0.671. The van der Waals surface area contributed by atoms with Crippen LogP contribution in [0, 0.1) is 0 Å². The van der Waals surface area contributed by atoms with E-state index in [4.69, 9.17) is 9.72 Å². The second-order valence-corrected chi connectivity index (χ2v) is 7.29. The molecule has 0 unspecified atom stereocenters. The number of benzene rings is 2. The van der Waals surface area contributed by atoms with Crippen LogP contribution in [0.5, 0.6) is 5.75 Å². The molecule has 0 radical (unpaired) electrons. The van der Waals surface area contributed by atoms with Gasteiger partial charge in [-0.3, -0.25) is 4.90 Å². The maximum Gasteiger partial charge on any atom is 0.186 e. The Labute approximate surface area is 152 Å². The Morgan fingerprint density at radius 1 is 1.00 bits per heavy atom. The number of anilines is 1. The van der Waals surface area contributed by atoms with Gasteiger partial charge in [0.15, 0.2) is 5.13 Å². The van der Waals surface area contributed by atoms with Gasteiger partial charge in [-0.15, -0.1) is 0 Å². The first-order valence-corrected chi connectivity index (χ1v) is 9.68. The first kappa shape index (κ1) is 16.4. The second-order valence-electron chi connectivity index (χ2n) is 6.28. The SMILES string of the molecule is CCOc1cccc2sc(N3CCN(Cc4ccccc4)CC3)nc12. The molecule has 130 valence electrons. The van der Waals surface area contributed by atoms with Gasteiger partial charge in [0.05, 0.1) is 11.3 Å². The number of fused-ring (bicyclic) bond motifs is 1. The monoisotopic (exact) mass is 353 g/mol. The van der Waals surface area contributed by atoms with Gasteiger partial charge in [0, 0.05) is 32.7 Å². The van der Waals surface area contributed by atoms with Crippen LogP contribution in [0.15, 0.2) is 48.5 Å². The summed E-state index contributed by atoms with van der Waals surface area (Å²) >= 11 is 1.77. The number of nitrogens with zero attached hydrogens (tertiary/aromatic N) is 3. The van der Waals surface area contributed by atoms with Crippen LogP contribution in [0.2, 0.25) is 0 Å². The van der Waals surface area contributed by atoms with Crippen molar-refractivity contribution in [2.45, 2.75) is 13.5 Å². The second kappa shape index (κ2) is 7.42. The molecule has 4 nitrogen and oxygen atoms in total. The van der Waals surface area contributed by atoms with Crippen LogP contribution in [0.25, 0.3) is 10.2 Å². The molecule has 1 aliphatic rings. The number of piperazine rings is 1. The quantitative estimate of drug-likeness (QED) is 0.693. The third-order valence-corrected chi connectivity index (χ3v) is 5.64.